The van der Waals surface area contributed by atoms with Crippen LogP contribution >= 0.6 is 0 Å². The molecule has 0 bridgehead atoms. The highest BCUT2D eigenvalue weighted by Gasteiger charge is 2.22. The molecule has 2 aromatic carbocycles. The van der Waals surface area contributed by atoms with E-state index < -0.39 is 0 Å². The Morgan fingerprint density at radius 3 is 2.66 bits per heavy atom. The maximum atomic E-state index is 13.8. The first-order valence-corrected chi connectivity index (χ1v) is 10.2. The Hall–Kier alpha value is -3.14. The monoisotopic (exact) mass is 385 g/mol. The summed E-state index contributed by atoms with van der Waals surface area (Å²) in [5.41, 5.74) is 6.08. The summed E-state index contributed by atoms with van der Waals surface area (Å²) in [6.07, 6.45) is 2.93. The average Bonchev–Trinajstić information content (AvgIpc) is 3.08. The van der Waals surface area contributed by atoms with E-state index >= 15 is 0 Å². The van der Waals surface area contributed by atoms with Crippen LogP contribution in [0.1, 0.15) is 35.3 Å². The summed E-state index contributed by atoms with van der Waals surface area (Å²) >= 11 is 0. The Morgan fingerprint density at radius 1 is 1.00 bits per heavy atom. The van der Waals surface area contributed by atoms with Crippen molar-refractivity contribution < 1.29 is 4.39 Å². The molecule has 2 aromatic heterocycles. The molecule has 3 nitrogen and oxygen atoms in total. The van der Waals surface area contributed by atoms with Gasteiger partial charge in [-0.2, -0.15) is 0 Å². The maximum absolute atomic E-state index is 13.8. The van der Waals surface area contributed by atoms with E-state index in [0.717, 1.165) is 47.5 Å². The lowest BCUT2D eigenvalue weighted by molar-refractivity contribution is 0.607. The molecule has 29 heavy (non-hydrogen) atoms. The minimum atomic E-state index is -0.196. The van der Waals surface area contributed by atoms with Crippen LogP contribution in [0.2, 0.25) is 0 Å². The van der Waals surface area contributed by atoms with Gasteiger partial charge in [-0.3, -0.25) is 0 Å². The summed E-state index contributed by atoms with van der Waals surface area (Å²) in [5, 5.41) is 1.16. The van der Waals surface area contributed by atoms with Gasteiger partial charge in [-0.1, -0.05) is 36.4 Å². The van der Waals surface area contributed by atoms with Gasteiger partial charge < -0.3 is 9.47 Å². The molecule has 1 unspecified atom stereocenters. The van der Waals surface area contributed by atoms with E-state index in [-0.39, 0.29) is 11.9 Å². The van der Waals surface area contributed by atoms with Gasteiger partial charge in [-0.25, -0.2) is 9.37 Å². The SMILES string of the molecule is Cc1cc2c(N3CCc4ccccc4C3)nccc2n1C(C)c1cccc(F)c1. The van der Waals surface area contributed by atoms with Crippen LogP contribution in [0.4, 0.5) is 10.2 Å². The van der Waals surface area contributed by atoms with Crippen molar-refractivity contribution in [1.29, 1.82) is 0 Å². The number of anilines is 1. The quantitative estimate of drug-likeness (QED) is 0.454. The first-order valence-electron chi connectivity index (χ1n) is 10.2. The number of hydrogen-bond acceptors (Lipinski definition) is 2. The Balaban J connectivity index is 1.57. The predicted molar refractivity (Wildman–Crippen MR) is 116 cm³/mol. The third kappa shape index (κ3) is 3.09. The number of halogens is 1. The van der Waals surface area contributed by atoms with E-state index in [2.05, 4.69) is 59.7 Å². The number of hydrogen-bond donors (Lipinski definition) is 0. The molecule has 146 valence electrons. The number of nitrogens with zero attached hydrogens (tertiary/aromatic N) is 3. The van der Waals surface area contributed by atoms with E-state index in [9.17, 15) is 4.39 Å². The standard InChI is InChI=1S/C25H24FN3/c1-17-14-23-24(29(17)18(2)20-8-5-9-22(26)15-20)10-12-27-25(23)28-13-11-19-6-3-4-7-21(19)16-28/h3-10,12,14-15,18H,11,13,16H2,1-2H3. The van der Waals surface area contributed by atoms with Crippen LogP contribution in [0.5, 0.6) is 0 Å². The maximum Gasteiger partial charge on any atom is 0.138 e. The van der Waals surface area contributed by atoms with Gasteiger partial charge in [0.1, 0.15) is 11.6 Å². The number of pyridine rings is 1. The van der Waals surface area contributed by atoms with Gasteiger partial charge in [0.2, 0.25) is 0 Å². The highest BCUT2D eigenvalue weighted by molar-refractivity contribution is 5.91. The van der Waals surface area contributed by atoms with Crippen molar-refractivity contribution in [2.75, 3.05) is 11.4 Å². The molecule has 1 atom stereocenters. The lowest BCUT2D eigenvalue weighted by Crippen LogP contribution is -2.31. The molecule has 3 heterocycles. The van der Waals surface area contributed by atoms with Crippen LogP contribution in [-0.4, -0.2) is 16.1 Å². The first kappa shape index (κ1) is 17.9. The minimum absolute atomic E-state index is 0.0422. The molecule has 0 amide bonds. The fraction of sp³-hybridized carbons (Fsp3) is 0.240. The normalized spacial score (nSPS) is 14.8. The predicted octanol–water partition coefficient (Wildman–Crippen LogP) is 5.66. The number of aryl methyl sites for hydroxylation is 1. The lowest BCUT2D eigenvalue weighted by Gasteiger charge is -2.30. The summed E-state index contributed by atoms with van der Waals surface area (Å²) in [5.74, 6) is 0.836. The third-order valence-electron chi connectivity index (χ3n) is 6.09. The van der Waals surface area contributed by atoms with E-state index in [1.807, 2.05) is 12.3 Å². The fourth-order valence-corrected chi connectivity index (χ4v) is 4.63. The third-order valence-corrected chi connectivity index (χ3v) is 6.09. The molecule has 1 aliphatic heterocycles. The molecule has 0 spiro atoms. The van der Waals surface area contributed by atoms with Crippen molar-refractivity contribution in [3.8, 4) is 0 Å². The van der Waals surface area contributed by atoms with Gasteiger partial charge in [-0.05, 0) is 61.2 Å². The van der Waals surface area contributed by atoms with Gasteiger partial charge in [0.15, 0.2) is 0 Å². The van der Waals surface area contributed by atoms with Crippen LogP contribution in [0.3, 0.4) is 0 Å². The smallest absolute Gasteiger partial charge is 0.138 e. The molecule has 0 aliphatic carbocycles. The second-order valence-corrected chi connectivity index (χ2v) is 7.89. The number of benzene rings is 2. The average molecular weight is 385 g/mol. The molecule has 4 aromatic rings. The van der Waals surface area contributed by atoms with E-state index in [1.165, 1.54) is 17.2 Å². The van der Waals surface area contributed by atoms with Gasteiger partial charge >= 0.3 is 0 Å². The largest absolute Gasteiger partial charge is 0.351 e. The zero-order chi connectivity index (χ0) is 20.0. The van der Waals surface area contributed by atoms with Gasteiger partial charge in [0.05, 0.1) is 11.6 Å². The molecule has 4 heteroatoms. The number of aromatic nitrogens is 2. The van der Waals surface area contributed by atoms with Crippen LogP contribution in [0.25, 0.3) is 10.9 Å². The number of rotatable bonds is 3. The number of fused-ring (bicyclic) bond motifs is 2. The molecular weight excluding hydrogens is 361 g/mol. The zero-order valence-corrected chi connectivity index (χ0v) is 16.8. The summed E-state index contributed by atoms with van der Waals surface area (Å²) in [7, 11) is 0. The Bertz CT molecular complexity index is 1190. The van der Waals surface area contributed by atoms with Crippen molar-refractivity contribution in [2.45, 2.75) is 32.9 Å². The second-order valence-electron chi connectivity index (χ2n) is 7.89. The lowest BCUT2D eigenvalue weighted by atomic mass is 10.00. The molecule has 0 saturated carbocycles. The summed E-state index contributed by atoms with van der Waals surface area (Å²) in [4.78, 5) is 7.13. The van der Waals surface area contributed by atoms with Gasteiger partial charge in [0, 0.05) is 30.4 Å². The van der Waals surface area contributed by atoms with Crippen molar-refractivity contribution in [3.63, 3.8) is 0 Å². The van der Waals surface area contributed by atoms with Crippen LogP contribution < -0.4 is 4.90 Å². The van der Waals surface area contributed by atoms with Crippen molar-refractivity contribution in [2.24, 2.45) is 0 Å². The summed E-state index contributed by atoms with van der Waals surface area (Å²) in [6.45, 7) is 6.09. The molecule has 0 N–H and O–H groups in total. The van der Waals surface area contributed by atoms with E-state index in [1.54, 1.807) is 12.1 Å². The first-order chi connectivity index (χ1) is 14.1. The van der Waals surface area contributed by atoms with Crippen LogP contribution in [0.15, 0.2) is 66.9 Å². The Kier molecular flexibility index (Phi) is 4.35. The molecule has 0 radical (unpaired) electrons. The molecular formula is C25H24FN3. The zero-order valence-electron chi connectivity index (χ0n) is 16.8. The highest BCUT2D eigenvalue weighted by atomic mass is 19.1. The highest BCUT2D eigenvalue weighted by Crippen LogP contribution is 2.34. The van der Waals surface area contributed by atoms with E-state index in [0.29, 0.717) is 0 Å². The molecule has 1 aliphatic rings. The summed E-state index contributed by atoms with van der Waals surface area (Å²) in [6, 6.07) is 19.9. The Labute approximate surface area is 170 Å². The van der Waals surface area contributed by atoms with Crippen LogP contribution in [-0.2, 0) is 13.0 Å². The van der Waals surface area contributed by atoms with Gasteiger partial charge in [-0.15, -0.1) is 0 Å². The topological polar surface area (TPSA) is 21.1 Å². The molecule has 5 rings (SSSR count). The Morgan fingerprint density at radius 2 is 1.83 bits per heavy atom. The minimum Gasteiger partial charge on any atom is -0.351 e. The van der Waals surface area contributed by atoms with Crippen molar-refractivity contribution in [3.05, 3.63) is 95.1 Å². The van der Waals surface area contributed by atoms with Crippen molar-refractivity contribution in [1.82, 2.24) is 9.55 Å². The van der Waals surface area contributed by atoms with Crippen molar-refractivity contribution >= 4 is 16.7 Å². The second kappa shape index (κ2) is 7.03. The summed E-state index contributed by atoms with van der Waals surface area (Å²) < 4.78 is 16.1. The molecule has 0 saturated heterocycles. The van der Waals surface area contributed by atoms with Crippen LogP contribution in [0, 0.1) is 12.7 Å². The van der Waals surface area contributed by atoms with Gasteiger partial charge in [0.25, 0.3) is 0 Å². The molecule has 0 fully saturated rings. The van der Waals surface area contributed by atoms with E-state index in [4.69, 9.17) is 4.98 Å². The fourth-order valence-electron chi connectivity index (χ4n) is 4.63.